The number of amides is 1. The average molecular weight is 316 g/mol. The maximum Gasteiger partial charge on any atom is 0.412 e. The third-order valence-corrected chi connectivity index (χ3v) is 3.37. The molecule has 1 amide bonds. The first kappa shape index (κ1) is 16.9. The number of rotatable bonds is 4. The van der Waals surface area contributed by atoms with Gasteiger partial charge in [-0.25, -0.2) is 4.79 Å². The van der Waals surface area contributed by atoms with Crippen LogP contribution in [-0.4, -0.2) is 21.5 Å². The molecule has 2 aromatic rings. The Labute approximate surface area is 136 Å². The van der Waals surface area contributed by atoms with Crippen molar-refractivity contribution < 1.29 is 9.53 Å². The molecule has 0 spiro atoms. The number of nitrogens with one attached hydrogen (secondary N) is 2. The number of nitrogens with zero attached hydrogens (tertiary/aromatic N) is 2. The Morgan fingerprint density at radius 2 is 1.91 bits per heavy atom. The van der Waals surface area contributed by atoms with Crippen LogP contribution in [0, 0.1) is 6.92 Å². The fourth-order valence-electron chi connectivity index (χ4n) is 2.07. The van der Waals surface area contributed by atoms with Gasteiger partial charge in [-0.05, 0) is 39.8 Å². The molecule has 0 bridgehead atoms. The molecule has 124 valence electrons. The van der Waals surface area contributed by atoms with Crippen molar-refractivity contribution in [3.05, 3.63) is 41.7 Å². The SMILES string of the molecule is Cc1c(CNc2ccccc2NC(=O)OC(C)(C)C)cnn1C. The molecule has 1 aromatic heterocycles. The second-order valence-corrected chi connectivity index (χ2v) is 6.40. The number of anilines is 2. The summed E-state index contributed by atoms with van der Waals surface area (Å²) in [7, 11) is 1.91. The molecule has 0 aliphatic carbocycles. The number of hydrogen-bond acceptors (Lipinski definition) is 4. The van der Waals surface area contributed by atoms with Gasteiger partial charge in [-0.1, -0.05) is 12.1 Å². The summed E-state index contributed by atoms with van der Waals surface area (Å²) in [5, 5.41) is 10.3. The lowest BCUT2D eigenvalue weighted by molar-refractivity contribution is 0.0636. The molecule has 2 rings (SSSR count). The second-order valence-electron chi connectivity index (χ2n) is 6.40. The number of aromatic nitrogens is 2. The monoisotopic (exact) mass is 316 g/mol. The topological polar surface area (TPSA) is 68.2 Å². The van der Waals surface area contributed by atoms with Crippen molar-refractivity contribution in [1.82, 2.24) is 9.78 Å². The first-order chi connectivity index (χ1) is 10.8. The average Bonchev–Trinajstić information content (AvgIpc) is 2.76. The molecule has 0 unspecified atom stereocenters. The fraction of sp³-hybridized carbons (Fsp3) is 0.412. The lowest BCUT2D eigenvalue weighted by Crippen LogP contribution is -2.27. The Morgan fingerprint density at radius 1 is 1.26 bits per heavy atom. The summed E-state index contributed by atoms with van der Waals surface area (Å²) in [6, 6.07) is 7.53. The van der Waals surface area contributed by atoms with E-state index in [0.29, 0.717) is 12.2 Å². The maximum absolute atomic E-state index is 11.9. The minimum atomic E-state index is -0.528. The van der Waals surface area contributed by atoms with Crippen molar-refractivity contribution in [3.8, 4) is 0 Å². The highest BCUT2D eigenvalue weighted by atomic mass is 16.6. The predicted octanol–water partition coefficient (Wildman–Crippen LogP) is 3.69. The van der Waals surface area contributed by atoms with Gasteiger partial charge in [-0.15, -0.1) is 0 Å². The molecule has 2 N–H and O–H groups in total. The zero-order chi connectivity index (χ0) is 17.0. The van der Waals surface area contributed by atoms with E-state index >= 15 is 0 Å². The molecule has 0 atom stereocenters. The Kier molecular flexibility index (Phi) is 4.93. The molecule has 6 nitrogen and oxygen atoms in total. The van der Waals surface area contributed by atoms with E-state index in [1.165, 1.54) is 0 Å². The molecule has 0 aliphatic rings. The van der Waals surface area contributed by atoms with Crippen molar-refractivity contribution in [2.24, 2.45) is 7.05 Å². The van der Waals surface area contributed by atoms with Gasteiger partial charge >= 0.3 is 6.09 Å². The highest BCUT2D eigenvalue weighted by Crippen LogP contribution is 2.23. The van der Waals surface area contributed by atoms with E-state index in [1.54, 1.807) is 0 Å². The van der Waals surface area contributed by atoms with E-state index in [0.717, 1.165) is 16.9 Å². The number of carbonyl (C=O) groups excluding carboxylic acids is 1. The van der Waals surface area contributed by atoms with Gasteiger partial charge in [0.15, 0.2) is 0 Å². The smallest absolute Gasteiger partial charge is 0.412 e. The molecule has 0 radical (unpaired) electrons. The van der Waals surface area contributed by atoms with Gasteiger partial charge in [-0.3, -0.25) is 10.00 Å². The van der Waals surface area contributed by atoms with Gasteiger partial charge in [0.1, 0.15) is 5.60 Å². The van der Waals surface area contributed by atoms with Crippen LogP contribution in [0.15, 0.2) is 30.5 Å². The van der Waals surface area contributed by atoms with Gasteiger partial charge in [0.05, 0.1) is 17.6 Å². The summed E-state index contributed by atoms with van der Waals surface area (Å²) in [6.45, 7) is 8.16. The van der Waals surface area contributed by atoms with Crippen LogP contribution >= 0.6 is 0 Å². The molecule has 1 heterocycles. The van der Waals surface area contributed by atoms with Crippen molar-refractivity contribution in [2.45, 2.75) is 39.8 Å². The summed E-state index contributed by atoms with van der Waals surface area (Å²) in [5.41, 5.74) is 3.21. The van der Waals surface area contributed by atoms with Crippen molar-refractivity contribution in [2.75, 3.05) is 10.6 Å². The number of benzene rings is 1. The highest BCUT2D eigenvalue weighted by Gasteiger charge is 2.17. The van der Waals surface area contributed by atoms with Crippen molar-refractivity contribution in [1.29, 1.82) is 0 Å². The lowest BCUT2D eigenvalue weighted by Gasteiger charge is -2.20. The van der Waals surface area contributed by atoms with Crippen LogP contribution in [0.5, 0.6) is 0 Å². The summed E-state index contributed by atoms with van der Waals surface area (Å²) < 4.78 is 7.13. The van der Waals surface area contributed by atoms with Crippen LogP contribution in [0.1, 0.15) is 32.0 Å². The number of hydrogen-bond donors (Lipinski definition) is 2. The maximum atomic E-state index is 11.9. The van der Waals surface area contributed by atoms with Gasteiger partial charge in [0.25, 0.3) is 0 Å². The van der Waals surface area contributed by atoms with Crippen molar-refractivity contribution >= 4 is 17.5 Å². The van der Waals surface area contributed by atoms with E-state index in [4.69, 9.17) is 4.74 Å². The summed E-state index contributed by atoms with van der Waals surface area (Å²) >= 11 is 0. The molecule has 0 saturated heterocycles. The summed E-state index contributed by atoms with van der Waals surface area (Å²) in [4.78, 5) is 11.9. The minimum Gasteiger partial charge on any atom is -0.444 e. The van der Waals surface area contributed by atoms with E-state index in [1.807, 2.05) is 69.9 Å². The first-order valence-corrected chi connectivity index (χ1v) is 7.56. The van der Waals surface area contributed by atoms with Crippen LogP contribution in [0.25, 0.3) is 0 Å². The Hall–Kier alpha value is -2.50. The van der Waals surface area contributed by atoms with Gasteiger partial charge in [0.2, 0.25) is 0 Å². The largest absolute Gasteiger partial charge is 0.444 e. The molecular weight excluding hydrogens is 292 g/mol. The molecule has 0 saturated carbocycles. The van der Waals surface area contributed by atoms with E-state index in [2.05, 4.69) is 15.7 Å². The van der Waals surface area contributed by atoms with E-state index in [9.17, 15) is 4.79 Å². The summed E-state index contributed by atoms with van der Waals surface area (Å²) in [5.74, 6) is 0. The quantitative estimate of drug-likeness (QED) is 0.902. The predicted molar refractivity (Wildman–Crippen MR) is 91.6 cm³/mol. The zero-order valence-corrected chi connectivity index (χ0v) is 14.3. The van der Waals surface area contributed by atoms with Gasteiger partial charge in [0, 0.05) is 24.8 Å². The normalized spacial score (nSPS) is 11.2. The summed E-state index contributed by atoms with van der Waals surface area (Å²) in [6.07, 6.45) is 1.37. The Bertz CT molecular complexity index is 686. The van der Waals surface area contributed by atoms with E-state index < -0.39 is 11.7 Å². The van der Waals surface area contributed by atoms with Crippen molar-refractivity contribution in [3.63, 3.8) is 0 Å². The zero-order valence-electron chi connectivity index (χ0n) is 14.3. The molecule has 1 aromatic carbocycles. The number of ether oxygens (including phenoxy) is 1. The fourth-order valence-corrected chi connectivity index (χ4v) is 2.07. The van der Waals surface area contributed by atoms with E-state index in [-0.39, 0.29) is 0 Å². The minimum absolute atomic E-state index is 0.468. The molecule has 23 heavy (non-hydrogen) atoms. The number of aryl methyl sites for hydroxylation is 1. The van der Waals surface area contributed by atoms with Gasteiger partial charge in [-0.2, -0.15) is 5.10 Å². The second kappa shape index (κ2) is 6.73. The Morgan fingerprint density at radius 3 is 2.48 bits per heavy atom. The van der Waals surface area contributed by atoms with Gasteiger partial charge < -0.3 is 10.1 Å². The van der Waals surface area contributed by atoms with Crippen LogP contribution in [0.2, 0.25) is 0 Å². The molecule has 6 heteroatoms. The number of para-hydroxylation sites is 2. The third-order valence-electron chi connectivity index (χ3n) is 3.37. The molecule has 0 fully saturated rings. The standard InChI is InChI=1S/C17H24N4O2/c1-12-13(11-19-21(12)5)10-18-14-8-6-7-9-15(14)20-16(22)23-17(2,3)4/h6-9,11,18H,10H2,1-5H3,(H,20,22). The van der Waals surface area contributed by atoms with Crippen LogP contribution in [0.3, 0.4) is 0 Å². The van der Waals surface area contributed by atoms with Crippen LogP contribution in [0.4, 0.5) is 16.2 Å². The molecule has 0 aliphatic heterocycles. The third kappa shape index (κ3) is 4.74. The molecular formula is C17H24N4O2. The Balaban J connectivity index is 2.05. The van der Waals surface area contributed by atoms with Crippen LogP contribution < -0.4 is 10.6 Å². The lowest BCUT2D eigenvalue weighted by atomic mass is 10.2. The highest BCUT2D eigenvalue weighted by molar-refractivity contribution is 5.89. The first-order valence-electron chi connectivity index (χ1n) is 7.56. The van der Waals surface area contributed by atoms with Crippen LogP contribution in [-0.2, 0) is 18.3 Å². The number of carbonyl (C=O) groups is 1.